The highest BCUT2D eigenvalue weighted by atomic mass is 35.5. The van der Waals surface area contributed by atoms with Crippen molar-refractivity contribution in [3.63, 3.8) is 0 Å². The molecule has 0 radical (unpaired) electrons. The number of rotatable bonds is 2. The predicted octanol–water partition coefficient (Wildman–Crippen LogP) is 2.03. The minimum atomic E-state index is -0.362. The van der Waals surface area contributed by atoms with Crippen molar-refractivity contribution in [2.75, 3.05) is 19.8 Å². The molecule has 0 N–H and O–H groups in total. The second-order valence-electron chi connectivity index (χ2n) is 4.74. The molecule has 1 amide bonds. The lowest BCUT2D eigenvalue weighted by atomic mass is 10.0. The van der Waals surface area contributed by atoms with Crippen molar-refractivity contribution in [3.8, 4) is 0 Å². The smallest absolute Gasteiger partial charge is 0.240 e. The van der Waals surface area contributed by atoms with Crippen LogP contribution in [-0.4, -0.2) is 42.0 Å². The van der Waals surface area contributed by atoms with E-state index in [-0.39, 0.29) is 11.3 Å². The molecule has 1 aliphatic carbocycles. The van der Waals surface area contributed by atoms with Crippen molar-refractivity contribution in [2.24, 2.45) is 5.92 Å². The van der Waals surface area contributed by atoms with Gasteiger partial charge in [-0.2, -0.15) is 0 Å². The molecule has 0 bridgehead atoms. The highest BCUT2D eigenvalue weighted by Crippen LogP contribution is 2.32. The molecule has 1 heterocycles. The molecular formula is C12H20ClNO2. The van der Waals surface area contributed by atoms with Crippen molar-refractivity contribution >= 4 is 17.5 Å². The third-order valence-corrected chi connectivity index (χ3v) is 4.23. The van der Waals surface area contributed by atoms with E-state index in [1.54, 1.807) is 0 Å². The summed E-state index contributed by atoms with van der Waals surface area (Å²) >= 11 is 6.06. The number of hydrogen-bond donors (Lipinski definition) is 0. The van der Waals surface area contributed by atoms with Gasteiger partial charge in [0.1, 0.15) is 5.38 Å². The third-order valence-electron chi connectivity index (χ3n) is 3.74. The second-order valence-corrected chi connectivity index (χ2v) is 5.27. The Morgan fingerprint density at radius 2 is 2.38 bits per heavy atom. The summed E-state index contributed by atoms with van der Waals surface area (Å²) in [6.45, 7) is 4.14. The van der Waals surface area contributed by atoms with Gasteiger partial charge in [-0.25, -0.2) is 0 Å². The van der Waals surface area contributed by atoms with Crippen LogP contribution in [0, 0.1) is 5.92 Å². The van der Waals surface area contributed by atoms with Gasteiger partial charge in [0.2, 0.25) is 5.91 Å². The van der Waals surface area contributed by atoms with E-state index < -0.39 is 0 Å². The standard InChI is InChI=1S/C12H20ClNO2/c1-2-10(13)12(15)14-6-7-16-8-9-4-3-5-11(9)14/h9-11H,2-8H2,1H3/t9-,10+,11-/m1/s1. The summed E-state index contributed by atoms with van der Waals surface area (Å²) in [6, 6.07) is 0.378. The van der Waals surface area contributed by atoms with Crippen molar-refractivity contribution in [2.45, 2.75) is 44.0 Å². The first kappa shape index (κ1) is 12.2. The fourth-order valence-electron chi connectivity index (χ4n) is 2.81. The SMILES string of the molecule is CC[C@H](Cl)C(=O)N1CCOC[C@H]2CCC[C@H]21. The van der Waals surface area contributed by atoms with Gasteiger partial charge in [0.15, 0.2) is 0 Å². The maximum Gasteiger partial charge on any atom is 0.240 e. The zero-order valence-corrected chi connectivity index (χ0v) is 10.6. The first-order chi connectivity index (χ1) is 7.74. The molecule has 4 heteroatoms. The lowest BCUT2D eigenvalue weighted by Gasteiger charge is -2.31. The monoisotopic (exact) mass is 245 g/mol. The molecule has 0 aromatic rings. The van der Waals surface area contributed by atoms with E-state index in [1.165, 1.54) is 12.8 Å². The van der Waals surface area contributed by atoms with E-state index in [1.807, 2.05) is 11.8 Å². The summed E-state index contributed by atoms with van der Waals surface area (Å²) < 4.78 is 5.57. The van der Waals surface area contributed by atoms with Gasteiger partial charge >= 0.3 is 0 Å². The van der Waals surface area contributed by atoms with Crippen molar-refractivity contribution in [3.05, 3.63) is 0 Å². The van der Waals surface area contributed by atoms with Crippen molar-refractivity contribution < 1.29 is 9.53 Å². The molecule has 0 aromatic carbocycles. The Labute approximate surface area is 102 Å². The van der Waals surface area contributed by atoms with Crippen LogP contribution in [0.3, 0.4) is 0 Å². The highest BCUT2D eigenvalue weighted by Gasteiger charge is 2.37. The van der Waals surface area contributed by atoms with Crippen LogP contribution < -0.4 is 0 Å². The number of halogens is 1. The molecule has 0 unspecified atom stereocenters. The summed E-state index contributed by atoms with van der Waals surface area (Å²) in [6.07, 6.45) is 4.22. The Morgan fingerprint density at radius 1 is 1.56 bits per heavy atom. The predicted molar refractivity (Wildman–Crippen MR) is 63.6 cm³/mol. The molecule has 92 valence electrons. The molecule has 2 rings (SSSR count). The quantitative estimate of drug-likeness (QED) is 0.697. The number of carbonyl (C=O) groups excluding carboxylic acids is 1. The molecule has 16 heavy (non-hydrogen) atoms. The molecule has 0 aromatic heterocycles. The topological polar surface area (TPSA) is 29.5 Å². The number of ether oxygens (including phenoxy) is 1. The summed E-state index contributed by atoms with van der Waals surface area (Å²) in [5, 5.41) is -0.362. The van der Waals surface area contributed by atoms with Gasteiger partial charge < -0.3 is 9.64 Å². The third kappa shape index (κ3) is 2.35. The Bertz CT molecular complexity index is 259. The summed E-state index contributed by atoms with van der Waals surface area (Å²) in [5.74, 6) is 0.638. The minimum absolute atomic E-state index is 0.103. The van der Waals surface area contributed by atoms with Crippen LogP contribution in [0.5, 0.6) is 0 Å². The zero-order valence-electron chi connectivity index (χ0n) is 9.82. The molecule has 1 saturated carbocycles. The van der Waals surface area contributed by atoms with Crippen LogP contribution in [0.15, 0.2) is 0 Å². The maximum absolute atomic E-state index is 12.2. The summed E-state index contributed by atoms with van der Waals surface area (Å²) in [4.78, 5) is 14.1. The van der Waals surface area contributed by atoms with E-state index in [0.717, 1.165) is 13.0 Å². The summed E-state index contributed by atoms with van der Waals surface area (Å²) in [7, 11) is 0. The zero-order chi connectivity index (χ0) is 11.5. The molecule has 1 aliphatic heterocycles. The van der Waals surface area contributed by atoms with Gasteiger partial charge in [-0.1, -0.05) is 13.3 Å². The molecule has 3 atom stereocenters. The highest BCUT2D eigenvalue weighted by molar-refractivity contribution is 6.30. The Balaban J connectivity index is 2.08. The number of fused-ring (bicyclic) bond motifs is 1. The van der Waals surface area contributed by atoms with Gasteiger partial charge in [-0.3, -0.25) is 4.79 Å². The Morgan fingerprint density at radius 3 is 3.12 bits per heavy atom. The van der Waals surface area contributed by atoms with Gasteiger partial charge in [-0.05, 0) is 19.3 Å². The van der Waals surface area contributed by atoms with Crippen molar-refractivity contribution in [1.29, 1.82) is 0 Å². The fourth-order valence-corrected chi connectivity index (χ4v) is 2.94. The van der Waals surface area contributed by atoms with Crippen LogP contribution >= 0.6 is 11.6 Å². The van der Waals surface area contributed by atoms with E-state index >= 15 is 0 Å². The Kier molecular flexibility index (Phi) is 4.09. The number of carbonyl (C=O) groups is 1. The van der Waals surface area contributed by atoms with Gasteiger partial charge in [0, 0.05) is 18.5 Å². The van der Waals surface area contributed by atoms with Crippen LogP contribution in [0.25, 0.3) is 0 Å². The van der Waals surface area contributed by atoms with Gasteiger partial charge in [-0.15, -0.1) is 11.6 Å². The van der Waals surface area contributed by atoms with Crippen LogP contribution in [-0.2, 0) is 9.53 Å². The minimum Gasteiger partial charge on any atom is -0.379 e. The molecule has 0 spiro atoms. The summed E-state index contributed by atoms with van der Waals surface area (Å²) in [5.41, 5.74) is 0. The van der Waals surface area contributed by atoms with Crippen LogP contribution in [0.1, 0.15) is 32.6 Å². The molecule has 3 nitrogen and oxygen atoms in total. The molecule has 2 aliphatic rings. The average molecular weight is 246 g/mol. The first-order valence-corrected chi connectivity index (χ1v) is 6.70. The van der Waals surface area contributed by atoms with E-state index in [2.05, 4.69) is 0 Å². The lowest BCUT2D eigenvalue weighted by molar-refractivity contribution is -0.133. The number of hydrogen-bond acceptors (Lipinski definition) is 2. The second kappa shape index (κ2) is 5.37. The average Bonchev–Trinajstić information content (AvgIpc) is 2.67. The Hall–Kier alpha value is -0.280. The molecule has 1 saturated heterocycles. The van der Waals surface area contributed by atoms with Gasteiger partial charge in [0.25, 0.3) is 0 Å². The maximum atomic E-state index is 12.2. The normalized spacial score (nSPS) is 32.0. The van der Waals surface area contributed by atoms with Gasteiger partial charge in [0.05, 0.1) is 13.2 Å². The van der Waals surface area contributed by atoms with Crippen LogP contribution in [0.4, 0.5) is 0 Å². The van der Waals surface area contributed by atoms with E-state index in [4.69, 9.17) is 16.3 Å². The largest absolute Gasteiger partial charge is 0.379 e. The van der Waals surface area contributed by atoms with Crippen molar-refractivity contribution in [1.82, 2.24) is 4.90 Å². The molecular weight excluding hydrogens is 226 g/mol. The number of nitrogens with zero attached hydrogens (tertiary/aromatic N) is 1. The number of amides is 1. The number of alkyl halides is 1. The van der Waals surface area contributed by atoms with Crippen LogP contribution in [0.2, 0.25) is 0 Å². The molecule has 2 fully saturated rings. The lowest BCUT2D eigenvalue weighted by Crippen LogP contribution is -2.46. The van der Waals surface area contributed by atoms with E-state index in [0.29, 0.717) is 31.5 Å². The fraction of sp³-hybridized carbons (Fsp3) is 0.917. The first-order valence-electron chi connectivity index (χ1n) is 6.26. The van der Waals surface area contributed by atoms with E-state index in [9.17, 15) is 4.79 Å².